The van der Waals surface area contributed by atoms with E-state index in [0.717, 1.165) is 7.11 Å². The van der Waals surface area contributed by atoms with E-state index >= 15 is 0 Å². The maximum atomic E-state index is 10.8. The summed E-state index contributed by atoms with van der Waals surface area (Å²) in [5.41, 5.74) is -0.303. The van der Waals surface area contributed by atoms with Crippen LogP contribution < -0.4 is 5.10 Å². The Bertz CT molecular complexity index is 324. The Kier molecular flexibility index (Phi) is 2.29. The van der Waals surface area contributed by atoms with Gasteiger partial charge in [0.05, 0.1) is 18.5 Å². The number of aromatic nitrogens is 4. The van der Waals surface area contributed by atoms with Crippen molar-refractivity contribution in [1.82, 2.24) is 20.6 Å². The maximum Gasteiger partial charge on any atom is 0.345 e. The van der Waals surface area contributed by atoms with Gasteiger partial charge < -0.3 is 15.2 Å². The number of tetrazole rings is 1. The molecule has 62 valence electrons. The molecule has 0 fully saturated rings. The zero-order chi connectivity index (χ0) is 8.97. The van der Waals surface area contributed by atoms with Crippen LogP contribution in [0.2, 0.25) is 0 Å². The van der Waals surface area contributed by atoms with Crippen LogP contribution >= 0.6 is 0 Å². The number of esters is 1. The van der Waals surface area contributed by atoms with Gasteiger partial charge in [0.15, 0.2) is 0 Å². The minimum Gasteiger partial charge on any atom is -0.763 e. The van der Waals surface area contributed by atoms with Crippen LogP contribution in [0.5, 0.6) is 0 Å². The Labute approximate surface area is 66.9 Å². The monoisotopic (exact) mass is 165 g/mol. The summed E-state index contributed by atoms with van der Waals surface area (Å²) in [7, 11) is 1.16. The van der Waals surface area contributed by atoms with Crippen molar-refractivity contribution in [3.05, 3.63) is 11.2 Å². The lowest BCUT2D eigenvalue weighted by Crippen LogP contribution is -2.06. The SMILES string of the molecule is COC(=O)C(=C=[N-])c1nnn[n-]1. The molecule has 12 heavy (non-hydrogen) atoms. The molecule has 0 saturated heterocycles. The second-order valence-corrected chi connectivity index (χ2v) is 1.68. The molecule has 0 unspecified atom stereocenters. The third kappa shape index (κ3) is 1.35. The molecule has 0 saturated carbocycles. The Morgan fingerprint density at radius 1 is 1.75 bits per heavy atom. The average Bonchev–Trinajstić information content (AvgIpc) is 2.58. The molecule has 1 heterocycles. The molecule has 0 atom stereocenters. The molecule has 0 spiro atoms. The largest absolute Gasteiger partial charge is 0.763 e. The van der Waals surface area contributed by atoms with Gasteiger partial charge in [-0.05, 0) is 0 Å². The van der Waals surface area contributed by atoms with Gasteiger partial charge in [0, 0.05) is 0 Å². The van der Waals surface area contributed by atoms with Crippen LogP contribution in [0.15, 0.2) is 0 Å². The number of carbonyl (C=O) groups excluding carboxylic acids is 1. The molecule has 1 aromatic heterocycles. The first kappa shape index (κ1) is 8.09. The zero-order valence-corrected chi connectivity index (χ0v) is 6.05. The van der Waals surface area contributed by atoms with Crippen LogP contribution in [0.25, 0.3) is 11.0 Å². The van der Waals surface area contributed by atoms with Gasteiger partial charge >= 0.3 is 5.97 Å². The predicted octanol–water partition coefficient (Wildman–Crippen LogP) is -1.38. The molecule has 7 nitrogen and oxygen atoms in total. The Morgan fingerprint density at radius 3 is 2.92 bits per heavy atom. The molecule has 7 heteroatoms. The summed E-state index contributed by atoms with van der Waals surface area (Å²) in [6.45, 7) is 0. The van der Waals surface area contributed by atoms with E-state index in [9.17, 15) is 4.79 Å². The Balaban J connectivity index is 3.01. The molecular weight excluding hydrogens is 162 g/mol. The standard InChI is InChI=1S/C5H3N5O2/c1-12-5(11)3(2-6)4-7-9-10-8-4/h1H3/q-2. The number of ether oxygens (including phenoxy) is 1. The summed E-state index contributed by atoms with van der Waals surface area (Å²) < 4.78 is 4.29. The normalized spacial score (nSPS) is 8.75. The second kappa shape index (κ2) is 3.40. The molecule has 0 aliphatic rings. The van der Waals surface area contributed by atoms with Crippen molar-refractivity contribution in [3.63, 3.8) is 0 Å². The van der Waals surface area contributed by atoms with Gasteiger partial charge in [-0.1, -0.05) is 0 Å². The fourth-order valence-electron chi connectivity index (χ4n) is 0.534. The van der Waals surface area contributed by atoms with Crippen molar-refractivity contribution in [2.75, 3.05) is 7.11 Å². The highest BCUT2D eigenvalue weighted by atomic mass is 16.5. The Morgan fingerprint density at radius 2 is 2.50 bits per heavy atom. The van der Waals surface area contributed by atoms with Gasteiger partial charge in [-0.15, -0.1) is 0 Å². The van der Waals surface area contributed by atoms with Gasteiger partial charge in [0.25, 0.3) is 0 Å². The van der Waals surface area contributed by atoms with Gasteiger partial charge in [-0.3, -0.25) is 16.2 Å². The van der Waals surface area contributed by atoms with E-state index in [4.69, 9.17) is 5.41 Å². The smallest absolute Gasteiger partial charge is 0.345 e. The van der Waals surface area contributed by atoms with Gasteiger partial charge in [0.2, 0.25) is 0 Å². The first-order valence-electron chi connectivity index (χ1n) is 2.84. The summed E-state index contributed by atoms with van der Waals surface area (Å²) >= 11 is 0. The van der Waals surface area contributed by atoms with Crippen LogP contribution in [0.1, 0.15) is 5.82 Å². The van der Waals surface area contributed by atoms with Crippen molar-refractivity contribution in [1.29, 1.82) is 0 Å². The number of rotatable bonds is 2. The molecular formula is C5H3N5O2-2. The van der Waals surface area contributed by atoms with Gasteiger partial charge in [-0.25, -0.2) is 4.79 Å². The van der Waals surface area contributed by atoms with E-state index in [0.29, 0.717) is 0 Å². The number of hydrogen-bond acceptors (Lipinski definition) is 5. The zero-order valence-electron chi connectivity index (χ0n) is 6.05. The van der Waals surface area contributed by atoms with Crippen molar-refractivity contribution >= 4 is 17.4 Å². The molecule has 0 aliphatic heterocycles. The summed E-state index contributed by atoms with van der Waals surface area (Å²) in [4.78, 5) is 10.8. The molecule has 0 radical (unpaired) electrons. The first-order chi connectivity index (χ1) is 5.79. The third-order valence-corrected chi connectivity index (χ3v) is 1.04. The van der Waals surface area contributed by atoms with E-state index in [2.05, 4.69) is 25.4 Å². The van der Waals surface area contributed by atoms with E-state index in [1.165, 1.54) is 0 Å². The number of carbonyl (C=O) groups is 1. The van der Waals surface area contributed by atoms with Crippen molar-refractivity contribution in [3.8, 4) is 0 Å². The van der Waals surface area contributed by atoms with Crippen LogP contribution in [0.3, 0.4) is 0 Å². The van der Waals surface area contributed by atoms with E-state index in [1.807, 2.05) is 0 Å². The van der Waals surface area contributed by atoms with E-state index in [-0.39, 0.29) is 11.4 Å². The number of nitrogens with zero attached hydrogens (tertiary/aromatic N) is 5. The quantitative estimate of drug-likeness (QED) is 0.304. The highest BCUT2D eigenvalue weighted by molar-refractivity contribution is 6.25. The maximum absolute atomic E-state index is 10.8. The minimum absolute atomic E-state index is 0.121. The van der Waals surface area contributed by atoms with E-state index < -0.39 is 5.97 Å². The van der Waals surface area contributed by atoms with Gasteiger partial charge in [0.1, 0.15) is 0 Å². The summed E-state index contributed by atoms with van der Waals surface area (Å²) in [5, 5.41) is 21.4. The van der Waals surface area contributed by atoms with Crippen LogP contribution in [0.4, 0.5) is 0 Å². The molecule has 0 aliphatic carbocycles. The lowest BCUT2D eigenvalue weighted by Gasteiger charge is -2.01. The predicted molar refractivity (Wildman–Crippen MR) is 36.9 cm³/mol. The fraction of sp³-hybridized carbons (Fsp3) is 0.200. The van der Waals surface area contributed by atoms with Gasteiger partial charge in [-0.2, -0.15) is 5.21 Å². The lowest BCUT2D eigenvalue weighted by molar-refractivity contribution is -0.133. The fourth-order valence-corrected chi connectivity index (χ4v) is 0.534. The van der Waals surface area contributed by atoms with Crippen LogP contribution in [-0.4, -0.2) is 34.5 Å². The topological polar surface area (TPSA) is 101 Å². The average molecular weight is 165 g/mol. The Hall–Kier alpha value is -2.01. The minimum atomic E-state index is -0.799. The van der Waals surface area contributed by atoms with Crippen LogP contribution in [0, 0.1) is 0 Å². The molecule has 0 aromatic carbocycles. The third-order valence-electron chi connectivity index (χ3n) is 1.04. The lowest BCUT2D eigenvalue weighted by atomic mass is 10.3. The first-order valence-corrected chi connectivity index (χ1v) is 2.84. The summed E-state index contributed by atoms with van der Waals surface area (Å²) in [5.74, 6) is 0.673. The highest BCUT2D eigenvalue weighted by Gasteiger charge is 2.07. The molecule has 0 bridgehead atoms. The number of methoxy groups -OCH3 is 1. The molecule has 0 N–H and O–H groups in total. The number of hydrogen-bond donors (Lipinski definition) is 0. The highest BCUT2D eigenvalue weighted by Crippen LogP contribution is 2.03. The molecule has 0 amide bonds. The van der Waals surface area contributed by atoms with Crippen molar-refractivity contribution in [2.45, 2.75) is 0 Å². The van der Waals surface area contributed by atoms with Crippen molar-refractivity contribution < 1.29 is 9.53 Å². The molecule has 1 rings (SSSR count). The summed E-state index contributed by atoms with van der Waals surface area (Å²) in [6.07, 6.45) is 0. The summed E-state index contributed by atoms with van der Waals surface area (Å²) in [6, 6.07) is 0. The van der Waals surface area contributed by atoms with Crippen molar-refractivity contribution in [2.24, 2.45) is 0 Å². The van der Waals surface area contributed by atoms with Crippen LogP contribution in [-0.2, 0) is 9.53 Å². The second-order valence-electron chi connectivity index (χ2n) is 1.68. The molecule has 1 aromatic rings. The van der Waals surface area contributed by atoms with E-state index in [1.54, 1.807) is 5.87 Å².